The highest BCUT2D eigenvalue weighted by Crippen LogP contribution is 2.20. The molecule has 0 saturated carbocycles. The highest BCUT2D eigenvalue weighted by Gasteiger charge is 2.21. The van der Waals surface area contributed by atoms with Crippen LogP contribution < -0.4 is 15.4 Å². The quantitative estimate of drug-likeness (QED) is 0.708. The second-order valence-corrected chi connectivity index (χ2v) is 8.30. The molecule has 1 fully saturated rings. The van der Waals surface area contributed by atoms with Gasteiger partial charge in [0.05, 0.1) is 4.90 Å². The van der Waals surface area contributed by atoms with E-state index in [2.05, 4.69) is 15.4 Å². The first kappa shape index (κ1) is 21.2. The summed E-state index contributed by atoms with van der Waals surface area (Å²) < 4.78 is 27.9. The number of sulfonamides is 1. The lowest BCUT2D eigenvalue weighted by Crippen LogP contribution is -2.36. The fraction of sp³-hybridized carbons (Fsp3) is 0.316. The lowest BCUT2D eigenvalue weighted by Gasteiger charge is -2.14. The lowest BCUT2D eigenvalue weighted by molar-refractivity contribution is 0.0939. The summed E-state index contributed by atoms with van der Waals surface area (Å²) in [6.45, 7) is 5.30. The zero-order valence-corrected chi connectivity index (χ0v) is 16.9. The third-order valence-electron chi connectivity index (χ3n) is 4.43. The second kappa shape index (κ2) is 8.73. The number of hydrogen-bond acceptors (Lipinski definition) is 4. The maximum absolute atomic E-state index is 12.7. The van der Waals surface area contributed by atoms with Crippen LogP contribution in [0.3, 0.4) is 0 Å². The minimum Gasteiger partial charge on any atom is -0.348 e. The smallest absolute Gasteiger partial charge is 0.261 e. The van der Waals surface area contributed by atoms with E-state index in [1.54, 1.807) is 31.2 Å². The Labute approximate surface area is 166 Å². The van der Waals surface area contributed by atoms with E-state index in [4.69, 9.17) is 0 Å². The molecule has 1 aliphatic heterocycles. The van der Waals surface area contributed by atoms with Crippen molar-refractivity contribution < 1.29 is 13.2 Å². The van der Waals surface area contributed by atoms with Crippen molar-refractivity contribution in [1.82, 2.24) is 10.6 Å². The summed E-state index contributed by atoms with van der Waals surface area (Å²) in [4.78, 5) is 12.6. The molecule has 0 spiro atoms. The molecule has 3 N–H and O–H groups in total. The van der Waals surface area contributed by atoms with E-state index in [1.807, 2.05) is 13.0 Å². The maximum atomic E-state index is 12.7. The molecule has 1 aliphatic rings. The van der Waals surface area contributed by atoms with E-state index in [0.29, 0.717) is 11.3 Å². The number of amides is 1. The molecule has 1 atom stereocenters. The van der Waals surface area contributed by atoms with Gasteiger partial charge in [0.15, 0.2) is 0 Å². The molecule has 3 rings (SSSR count). The van der Waals surface area contributed by atoms with Gasteiger partial charge >= 0.3 is 0 Å². The van der Waals surface area contributed by atoms with E-state index in [9.17, 15) is 13.2 Å². The zero-order valence-electron chi connectivity index (χ0n) is 15.3. The van der Waals surface area contributed by atoms with Crippen LogP contribution in [0.25, 0.3) is 0 Å². The number of rotatable bonds is 5. The van der Waals surface area contributed by atoms with Crippen LogP contribution >= 0.6 is 12.4 Å². The highest BCUT2D eigenvalue weighted by atomic mass is 35.5. The minimum absolute atomic E-state index is 0. The van der Waals surface area contributed by atoms with E-state index >= 15 is 0 Å². The fourth-order valence-corrected chi connectivity index (χ4v) is 4.05. The van der Waals surface area contributed by atoms with Crippen molar-refractivity contribution in [3.8, 4) is 0 Å². The van der Waals surface area contributed by atoms with Gasteiger partial charge in [-0.05, 0) is 62.2 Å². The van der Waals surface area contributed by atoms with Crippen LogP contribution in [0, 0.1) is 13.8 Å². The van der Waals surface area contributed by atoms with Crippen molar-refractivity contribution in [1.29, 1.82) is 0 Å². The van der Waals surface area contributed by atoms with E-state index < -0.39 is 10.0 Å². The third-order valence-corrected chi connectivity index (χ3v) is 5.81. The molecule has 6 nitrogen and oxygen atoms in total. The topological polar surface area (TPSA) is 87.3 Å². The number of carbonyl (C=O) groups is 1. The molecule has 27 heavy (non-hydrogen) atoms. The number of benzene rings is 2. The van der Waals surface area contributed by atoms with Crippen molar-refractivity contribution in [3.63, 3.8) is 0 Å². The Hall–Kier alpha value is -2.09. The zero-order chi connectivity index (χ0) is 18.7. The molecule has 1 heterocycles. The van der Waals surface area contributed by atoms with Crippen LogP contribution in [-0.2, 0) is 10.0 Å². The molecule has 8 heteroatoms. The van der Waals surface area contributed by atoms with Gasteiger partial charge < -0.3 is 10.6 Å². The van der Waals surface area contributed by atoms with Crippen molar-refractivity contribution in [2.24, 2.45) is 0 Å². The van der Waals surface area contributed by atoms with Crippen LogP contribution in [0.2, 0.25) is 0 Å². The Bertz CT molecular complexity index is 926. The minimum atomic E-state index is -3.77. The first-order chi connectivity index (χ1) is 12.3. The number of carbonyl (C=O) groups excluding carboxylic acids is 1. The largest absolute Gasteiger partial charge is 0.348 e. The highest BCUT2D eigenvalue weighted by molar-refractivity contribution is 7.92. The van der Waals surface area contributed by atoms with Crippen molar-refractivity contribution in [3.05, 3.63) is 59.2 Å². The van der Waals surface area contributed by atoms with Crippen molar-refractivity contribution in [2.75, 3.05) is 17.8 Å². The maximum Gasteiger partial charge on any atom is 0.261 e. The van der Waals surface area contributed by atoms with Crippen LogP contribution in [0.5, 0.6) is 0 Å². The molecule has 2 aromatic carbocycles. The van der Waals surface area contributed by atoms with Gasteiger partial charge in [-0.2, -0.15) is 0 Å². The summed E-state index contributed by atoms with van der Waals surface area (Å²) in [6.07, 6.45) is 0.873. The standard InChI is InChI=1S/C19H23N3O3S.ClH/c1-13-4-3-5-15(10-13)22-26(24,25)17-7-6-14(2)18(11-17)19(23)21-16-8-9-20-12-16;/h3-7,10-11,16,20,22H,8-9,12H2,1-2H3,(H,21,23);1H. The number of anilines is 1. The van der Waals surface area contributed by atoms with Gasteiger partial charge in [-0.25, -0.2) is 8.42 Å². The number of halogens is 1. The van der Waals surface area contributed by atoms with Crippen LogP contribution in [0.4, 0.5) is 5.69 Å². The van der Waals surface area contributed by atoms with Gasteiger partial charge in [-0.1, -0.05) is 18.2 Å². The Morgan fingerprint density at radius 1 is 1.15 bits per heavy atom. The Morgan fingerprint density at radius 2 is 1.93 bits per heavy atom. The summed E-state index contributed by atoms with van der Waals surface area (Å²) in [5.74, 6) is -0.246. The van der Waals surface area contributed by atoms with E-state index in [0.717, 1.165) is 30.6 Å². The summed E-state index contributed by atoms with van der Waals surface area (Å²) in [5.41, 5.74) is 2.57. The average molecular weight is 410 g/mol. The molecule has 0 aromatic heterocycles. The monoisotopic (exact) mass is 409 g/mol. The molecule has 0 radical (unpaired) electrons. The number of nitrogens with one attached hydrogen (secondary N) is 3. The van der Waals surface area contributed by atoms with Gasteiger partial charge in [0.1, 0.15) is 0 Å². The van der Waals surface area contributed by atoms with Gasteiger partial charge in [-0.15, -0.1) is 12.4 Å². The summed E-state index contributed by atoms with van der Waals surface area (Å²) in [7, 11) is -3.77. The average Bonchev–Trinajstić information content (AvgIpc) is 3.07. The summed E-state index contributed by atoms with van der Waals surface area (Å²) in [5, 5.41) is 6.15. The molecule has 1 unspecified atom stereocenters. The molecule has 0 aliphatic carbocycles. The predicted octanol–water partition coefficient (Wildman–Crippen LogP) is 2.62. The lowest BCUT2D eigenvalue weighted by atomic mass is 10.1. The van der Waals surface area contributed by atoms with Crippen molar-refractivity contribution >= 4 is 34.0 Å². The number of aryl methyl sites for hydroxylation is 2. The Morgan fingerprint density at radius 3 is 2.59 bits per heavy atom. The van der Waals surface area contributed by atoms with Gasteiger partial charge in [0, 0.05) is 23.8 Å². The molecule has 1 saturated heterocycles. The first-order valence-electron chi connectivity index (χ1n) is 8.57. The molecule has 146 valence electrons. The predicted molar refractivity (Wildman–Crippen MR) is 109 cm³/mol. The molecule has 1 amide bonds. The summed E-state index contributed by atoms with van der Waals surface area (Å²) in [6, 6.07) is 11.8. The van der Waals surface area contributed by atoms with Crippen LogP contribution in [0.15, 0.2) is 47.4 Å². The fourth-order valence-electron chi connectivity index (χ4n) is 2.98. The van der Waals surface area contributed by atoms with Crippen LogP contribution in [-0.4, -0.2) is 33.5 Å². The Kier molecular flexibility index (Phi) is 6.86. The Balaban J connectivity index is 0.00000261. The third kappa shape index (κ3) is 5.22. The van der Waals surface area contributed by atoms with Gasteiger partial charge in [0.2, 0.25) is 0 Å². The molecule has 2 aromatic rings. The first-order valence-corrected chi connectivity index (χ1v) is 10.1. The van der Waals surface area contributed by atoms with E-state index in [1.165, 1.54) is 12.1 Å². The van der Waals surface area contributed by atoms with Crippen LogP contribution in [0.1, 0.15) is 27.9 Å². The van der Waals surface area contributed by atoms with Gasteiger partial charge in [0.25, 0.3) is 15.9 Å². The summed E-state index contributed by atoms with van der Waals surface area (Å²) >= 11 is 0. The van der Waals surface area contributed by atoms with Gasteiger partial charge in [-0.3, -0.25) is 9.52 Å². The normalized spacial score (nSPS) is 16.4. The molecule has 0 bridgehead atoms. The van der Waals surface area contributed by atoms with Crippen molar-refractivity contribution in [2.45, 2.75) is 31.2 Å². The molecular weight excluding hydrogens is 386 g/mol. The molecular formula is C19H24ClN3O3S. The second-order valence-electron chi connectivity index (χ2n) is 6.61. The van der Waals surface area contributed by atoms with E-state index in [-0.39, 0.29) is 29.3 Å². The SMILES string of the molecule is Cc1cccc(NS(=O)(=O)c2ccc(C)c(C(=O)NC3CCNC3)c2)c1.Cl. The number of hydrogen-bond donors (Lipinski definition) is 3.